The molecule has 0 radical (unpaired) electrons. The molecule has 1 saturated heterocycles. The van der Waals surface area contributed by atoms with Gasteiger partial charge in [0.05, 0.1) is 0 Å². The second-order valence-corrected chi connectivity index (χ2v) is 4.87. The van der Waals surface area contributed by atoms with Crippen molar-refractivity contribution in [3.8, 4) is 0 Å². The quantitative estimate of drug-likeness (QED) is 0.530. The molecule has 0 aromatic rings. The van der Waals surface area contributed by atoms with Gasteiger partial charge in [-0.15, -0.1) is 0 Å². The monoisotopic (exact) mass is 224 g/mol. The number of carbonyl (C=O) groups is 2. The Morgan fingerprint density at radius 2 is 2.31 bits per heavy atom. The van der Waals surface area contributed by atoms with Crippen molar-refractivity contribution in [3.63, 3.8) is 0 Å². The fourth-order valence-electron chi connectivity index (χ4n) is 2.54. The zero-order valence-corrected chi connectivity index (χ0v) is 9.62. The lowest BCUT2D eigenvalue weighted by Gasteiger charge is -2.34. The Balaban J connectivity index is 2.19. The summed E-state index contributed by atoms with van der Waals surface area (Å²) in [6.45, 7) is 7.06. The van der Waals surface area contributed by atoms with Gasteiger partial charge in [-0.3, -0.25) is 4.79 Å². The van der Waals surface area contributed by atoms with Gasteiger partial charge in [0.15, 0.2) is 0 Å². The normalized spacial score (nSPS) is 36.8. The fourth-order valence-corrected chi connectivity index (χ4v) is 2.54. The van der Waals surface area contributed by atoms with Crippen LogP contribution in [0, 0.1) is 11.8 Å². The summed E-state index contributed by atoms with van der Waals surface area (Å²) in [7, 11) is 0. The molecule has 0 N–H and O–H groups in total. The molecule has 4 heteroatoms. The van der Waals surface area contributed by atoms with E-state index >= 15 is 0 Å². The summed E-state index contributed by atoms with van der Waals surface area (Å²) in [6, 6.07) is 0. The minimum Gasteiger partial charge on any atom is -0.422 e. The van der Waals surface area contributed by atoms with Crippen molar-refractivity contribution in [2.45, 2.75) is 38.9 Å². The third-order valence-corrected chi connectivity index (χ3v) is 3.37. The lowest BCUT2D eigenvalue weighted by Crippen LogP contribution is -2.44. The Labute approximate surface area is 94.6 Å². The minimum atomic E-state index is -1.03. The van der Waals surface area contributed by atoms with Crippen LogP contribution in [-0.2, 0) is 19.1 Å². The van der Waals surface area contributed by atoms with E-state index in [0.29, 0.717) is 18.4 Å². The number of esters is 2. The van der Waals surface area contributed by atoms with E-state index in [9.17, 15) is 9.59 Å². The van der Waals surface area contributed by atoms with Gasteiger partial charge in [-0.2, -0.15) is 0 Å². The van der Waals surface area contributed by atoms with Crippen molar-refractivity contribution in [1.82, 2.24) is 0 Å². The molecule has 4 nitrogen and oxygen atoms in total. The van der Waals surface area contributed by atoms with Crippen LogP contribution in [0.25, 0.3) is 0 Å². The molecule has 1 aliphatic heterocycles. The molecule has 0 aromatic heterocycles. The van der Waals surface area contributed by atoms with Gasteiger partial charge in [-0.05, 0) is 19.3 Å². The van der Waals surface area contributed by atoms with Gasteiger partial charge in [-0.25, -0.2) is 4.79 Å². The predicted octanol–water partition coefficient (Wildman–Crippen LogP) is 1.79. The van der Waals surface area contributed by atoms with Crippen molar-refractivity contribution < 1.29 is 19.1 Å². The Morgan fingerprint density at radius 3 is 2.94 bits per heavy atom. The highest BCUT2D eigenvalue weighted by Crippen LogP contribution is 2.48. The van der Waals surface area contributed by atoms with E-state index in [1.54, 1.807) is 6.92 Å². The summed E-state index contributed by atoms with van der Waals surface area (Å²) in [4.78, 5) is 22.9. The molecular weight excluding hydrogens is 208 g/mol. The third-order valence-electron chi connectivity index (χ3n) is 3.37. The molecule has 1 aliphatic carbocycles. The molecule has 0 amide bonds. The van der Waals surface area contributed by atoms with E-state index in [-0.39, 0.29) is 17.8 Å². The van der Waals surface area contributed by atoms with Crippen molar-refractivity contribution >= 4 is 11.9 Å². The molecule has 2 rings (SSSR count). The maximum atomic E-state index is 11.5. The first-order valence-electron chi connectivity index (χ1n) is 5.53. The third kappa shape index (κ3) is 1.72. The lowest BCUT2D eigenvalue weighted by atomic mass is 10.0. The van der Waals surface area contributed by atoms with E-state index in [4.69, 9.17) is 9.47 Å². The van der Waals surface area contributed by atoms with Crippen molar-refractivity contribution in [1.29, 1.82) is 0 Å². The van der Waals surface area contributed by atoms with Gasteiger partial charge in [0, 0.05) is 24.3 Å². The zero-order chi connectivity index (χ0) is 11.9. The lowest BCUT2D eigenvalue weighted by molar-refractivity contribution is -0.243. The van der Waals surface area contributed by atoms with Crippen LogP contribution in [0.3, 0.4) is 0 Å². The van der Waals surface area contributed by atoms with Gasteiger partial charge in [0.25, 0.3) is 5.79 Å². The molecular formula is C12H16O4. The maximum Gasteiger partial charge on any atom is 0.336 e. The largest absolute Gasteiger partial charge is 0.422 e. The smallest absolute Gasteiger partial charge is 0.336 e. The SMILES string of the molecule is C=C(C)C(=O)OC12CC(CC(=O)O1)CC2C. The van der Waals surface area contributed by atoms with Gasteiger partial charge in [0.1, 0.15) is 0 Å². The first kappa shape index (κ1) is 11.2. The first-order valence-corrected chi connectivity index (χ1v) is 5.53. The van der Waals surface area contributed by atoms with Crippen LogP contribution in [0.15, 0.2) is 12.2 Å². The highest BCUT2D eigenvalue weighted by atomic mass is 16.7. The summed E-state index contributed by atoms with van der Waals surface area (Å²) in [5, 5.41) is 0. The van der Waals surface area contributed by atoms with Crippen LogP contribution in [0.4, 0.5) is 0 Å². The molecule has 2 bridgehead atoms. The fraction of sp³-hybridized carbons (Fsp3) is 0.667. The zero-order valence-electron chi connectivity index (χ0n) is 9.62. The number of carbonyl (C=O) groups excluding carboxylic acids is 2. The van der Waals surface area contributed by atoms with Crippen molar-refractivity contribution in [2.75, 3.05) is 0 Å². The molecule has 3 atom stereocenters. The van der Waals surface area contributed by atoms with Crippen LogP contribution < -0.4 is 0 Å². The van der Waals surface area contributed by atoms with Crippen LogP contribution in [0.2, 0.25) is 0 Å². The molecule has 1 saturated carbocycles. The average molecular weight is 224 g/mol. The molecule has 88 valence electrons. The van der Waals surface area contributed by atoms with E-state index in [1.807, 2.05) is 6.92 Å². The van der Waals surface area contributed by atoms with E-state index in [1.165, 1.54) is 0 Å². The molecule has 0 spiro atoms. The highest BCUT2D eigenvalue weighted by molar-refractivity contribution is 5.87. The van der Waals surface area contributed by atoms with Gasteiger partial charge in [-0.1, -0.05) is 13.5 Å². The topological polar surface area (TPSA) is 52.6 Å². The standard InChI is InChI=1S/C12H16O4/c1-7(2)11(14)16-12-6-9(4-8(12)3)5-10(13)15-12/h8-9H,1,4-6H2,2-3H3. The Bertz CT molecular complexity index is 360. The number of ether oxygens (including phenoxy) is 2. The summed E-state index contributed by atoms with van der Waals surface area (Å²) in [5.41, 5.74) is 0.326. The summed E-state index contributed by atoms with van der Waals surface area (Å²) in [5.74, 6) is -1.44. The molecule has 2 aliphatic rings. The Kier molecular flexibility index (Phi) is 2.52. The average Bonchev–Trinajstić information content (AvgIpc) is 2.36. The van der Waals surface area contributed by atoms with E-state index in [2.05, 4.69) is 6.58 Å². The second-order valence-electron chi connectivity index (χ2n) is 4.87. The van der Waals surface area contributed by atoms with Gasteiger partial charge in [0.2, 0.25) is 0 Å². The van der Waals surface area contributed by atoms with Gasteiger partial charge < -0.3 is 9.47 Å². The molecule has 3 unspecified atom stereocenters. The number of fused-ring (bicyclic) bond motifs is 2. The second kappa shape index (κ2) is 3.61. The first-order chi connectivity index (χ1) is 7.43. The Morgan fingerprint density at radius 1 is 1.62 bits per heavy atom. The van der Waals surface area contributed by atoms with Crippen LogP contribution in [0.5, 0.6) is 0 Å². The van der Waals surface area contributed by atoms with Crippen LogP contribution in [-0.4, -0.2) is 17.7 Å². The van der Waals surface area contributed by atoms with Gasteiger partial charge >= 0.3 is 11.9 Å². The van der Waals surface area contributed by atoms with Crippen molar-refractivity contribution in [2.24, 2.45) is 11.8 Å². The van der Waals surface area contributed by atoms with Crippen molar-refractivity contribution in [3.05, 3.63) is 12.2 Å². The molecule has 16 heavy (non-hydrogen) atoms. The number of hydrogen-bond acceptors (Lipinski definition) is 4. The molecule has 0 aromatic carbocycles. The highest BCUT2D eigenvalue weighted by Gasteiger charge is 2.55. The maximum absolute atomic E-state index is 11.5. The number of rotatable bonds is 2. The van der Waals surface area contributed by atoms with Crippen LogP contribution in [0.1, 0.15) is 33.1 Å². The molecule has 2 fully saturated rings. The summed E-state index contributed by atoms with van der Waals surface area (Å²) < 4.78 is 10.6. The summed E-state index contributed by atoms with van der Waals surface area (Å²) in [6.07, 6.45) is 1.94. The predicted molar refractivity (Wildman–Crippen MR) is 56.2 cm³/mol. The number of hydrogen-bond donors (Lipinski definition) is 0. The van der Waals surface area contributed by atoms with Crippen LogP contribution >= 0.6 is 0 Å². The van der Waals surface area contributed by atoms with E-state index in [0.717, 1.165) is 6.42 Å². The molecule has 1 heterocycles. The summed E-state index contributed by atoms with van der Waals surface area (Å²) >= 11 is 0. The minimum absolute atomic E-state index is 0.0623. The van der Waals surface area contributed by atoms with E-state index < -0.39 is 11.8 Å². The Hall–Kier alpha value is -1.32.